The molecule has 5 heteroatoms. The number of aromatic nitrogens is 1. The molecule has 1 aliphatic carbocycles. The number of ether oxygens (including phenoxy) is 1. The van der Waals surface area contributed by atoms with Gasteiger partial charge in [-0.3, -0.25) is 9.80 Å². The molecule has 8 aliphatic rings. The lowest BCUT2D eigenvalue weighted by Gasteiger charge is -2.59. The van der Waals surface area contributed by atoms with Gasteiger partial charge in [-0.05, 0) is 73.9 Å². The minimum absolute atomic E-state index is 0.191. The molecule has 43 heavy (non-hydrogen) atoms. The zero-order chi connectivity index (χ0) is 28.0. The van der Waals surface area contributed by atoms with E-state index in [4.69, 9.17) is 4.74 Å². The van der Waals surface area contributed by atoms with E-state index in [0.29, 0.717) is 35.9 Å². The van der Waals surface area contributed by atoms with E-state index in [2.05, 4.69) is 93.5 Å². The van der Waals surface area contributed by atoms with Crippen molar-refractivity contribution in [2.45, 2.75) is 62.3 Å². The highest BCUT2D eigenvalue weighted by Crippen LogP contribution is 2.66. The first-order valence-corrected chi connectivity index (χ1v) is 16.9. The van der Waals surface area contributed by atoms with Crippen molar-refractivity contribution in [3.8, 4) is 0 Å². The van der Waals surface area contributed by atoms with Gasteiger partial charge in [-0.2, -0.15) is 0 Å². The van der Waals surface area contributed by atoms with Gasteiger partial charge < -0.3 is 14.6 Å². The van der Waals surface area contributed by atoms with Crippen molar-refractivity contribution in [3.63, 3.8) is 0 Å². The van der Waals surface area contributed by atoms with Crippen LogP contribution >= 0.6 is 0 Å². The largest absolute Gasteiger partial charge is 0.369 e. The SMILES string of the molecule is CC=C1CN2CCc3c([nH]c4ccccc34)[C@@H]2C[C@@H]1C1=CN2c3ccccc3[C@@]34CCN5CC6=CCO[C@H]1[C@@H]([C@H]6C[C@H]53)[C@@H]24. The molecule has 8 atom stereocenters. The number of rotatable bonds is 1. The number of piperidine rings is 2. The van der Waals surface area contributed by atoms with Crippen molar-refractivity contribution in [2.75, 3.05) is 37.7 Å². The van der Waals surface area contributed by atoms with Crippen LogP contribution in [0.5, 0.6) is 0 Å². The summed E-state index contributed by atoms with van der Waals surface area (Å²) in [6.45, 7) is 7.63. The molecule has 218 valence electrons. The van der Waals surface area contributed by atoms with Crippen molar-refractivity contribution >= 4 is 16.6 Å². The van der Waals surface area contributed by atoms with Crippen molar-refractivity contribution in [2.24, 2.45) is 17.8 Å². The quantitative estimate of drug-likeness (QED) is 0.360. The normalized spacial score (nSPS) is 39.7. The van der Waals surface area contributed by atoms with Gasteiger partial charge in [0.15, 0.2) is 0 Å². The second-order valence-electron chi connectivity index (χ2n) is 14.7. The number of anilines is 1. The van der Waals surface area contributed by atoms with Crippen LogP contribution in [-0.4, -0.2) is 65.8 Å². The zero-order valence-corrected chi connectivity index (χ0v) is 25.0. The lowest BCUT2D eigenvalue weighted by atomic mass is 9.53. The zero-order valence-electron chi connectivity index (χ0n) is 25.0. The van der Waals surface area contributed by atoms with Crippen molar-refractivity contribution in [3.05, 3.63) is 100 Å². The Bertz CT molecular complexity index is 1800. The summed E-state index contributed by atoms with van der Waals surface area (Å²) in [4.78, 5) is 12.3. The van der Waals surface area contributed by atoms with Gasteiger partial charge in [-0.1, -0.05) is 59.7 Å². The van der Waals surface area contributed by atoms with Gasteiger partial charge in [-0.15, -0.1) is 0 Å². The van der Waals surface area contributed by atoms with E-state index in [9.17, 15) is 0 Å². The summed E-state index contributed by atoms with van der Waals surface area (Å²) in [5, 5.41) is 1.43. The number of nitrogens with one attached hydrogen (secondary N) is 1. The lowest BCUT2D eigenvalue weighted by molar-refractivity contribution is -0.0331. The molecule has 2 aromatic carbocycles. The molecule has 0 amide bonds. The summed E-state index contributed by atoms with van der Waals surface area (Å²) in [5.74, 6) is 1.56. The number of hydrogen-bond acceptors (Lipinski definition) is 4. The summed E-state index contributed by atoms with van der Waals surface area (Å²) in [6.07, 6.45) is 12.6. The van der Waals surface area contributed by atoms with Gasteiger partial charge in [0.25, 0.3) is 0 Å². The fraction of sp³-hybridized carbons (Fsp3) is 0.474. The summed E-state index contributed by atoms with van der Waals surface area (Å²) < 4.78 is 7.10. The van der Waals surface area contributed by atoms with Crippen molar-refractivity contribution < 1.29 is 4.74 Å². The molecule has 5 nitrogen and oxygen atoms in total. The predicted octanol–water partition coefficient (Wildman–Crippen LogP) is 6.11. The summed E-state index contributed by atoms with van der Waals surface area (Å²) in [6, 6.07) is 20.0. The Labute approximate surface area is 253 Å². The van der Waals surface area contributed by atoms with Crippen LogP contribution in [0.4, 0.5) is 5.69 Å². The molecular weight excluding hydrogens is 528 g/mol. The monoisotopic (exact) mass is 568 g/mol. The van der Waals surface area contributed by atoms with Gasteiger partial charge in [0, 0.05) is 71.4 Å². The average Bonchev–Trinajstić information content (AvgIpc) is 3.67. The van der Waals surface area contributed by atoms with Gasteiger partial charge in [0.05, 0.1) is 24.8 Å². The Hall–Kier alpha value is -3.12. The summed E-state index contributed by atoms with van der Waals surface area (Å²) in [5.41, 5.74) is 12.5. The third kappa shape index (κ3) is 2.86. The molecule has 7 aliphatic heterocycles. The van der Waals surface area contributed by atoms with E-state index in [0.717, 1.165) is 39.1 Å². The number of para-hydroxylation sites is 2. The van der Waals surface area contributed by atoms with Crippen molar-refractivity contribution in [1.29, 1.82) is 0 Å². The van der Waals surface area contributed by atoms with E-state index < -0.39 is 0 Å². The second-order valence-corrected chi connectivity index (χ2v) is 14.7. The predicted molar refractivity (Wildman–Crippen MR) is 170 cm³/mol. The number of H-pyrrole nitrogens is 1. The first kappa shape index (κ1) is 24.2. The van der Waals surface area contributed by atoms with E-state index >= 15 is 0 Å². The first-order chi connectivity index (χ1) is 21.2. The van der Waals surface area contributed by atoms with Crippen LogP contribution < -0.4 is 4.90 Å². The number of benzene rings is 2. The van der Waals surface area contributed by atoms with Gasteiger partial charge in [0.2, 0.25) is 0 Å². The maximum atomic E-state index is 7.10. The minimum Gasteiger partial charge on any atom is -0.369 e. The van der Waals surface area contributed by atoms with E-state index in [1.54, 1.807) is 27.8 Å². The molecule has 4 fully saturated rings. The minimum atomic E-state index is 0.191. The van der Waals surface area contributed by atoms with Gasteiger partial charge >= 0.3 is 0 Å². The Morgan fingerprint density at radius 2 is 1.91 bits per heavy atom. The number of aromatic amines is 1. The number of allylic oxidation sites excluding steroid dienone is 1. The molecule has 8 heterocycles. The van der Waals surface area contributed by atoms with Crippen LogP contribution in [0.2, 0.25) is 0 Å². The fourth-order valence-electron chi connectivity index (χ4n) is 11.9. The highest BCUT2D eigenvalue weighted by Gasteiger charge is 2.70. The molecule has 1 spiro atoms. The first-order valence-electron chi connectivity index (χ1n) is 16.9. The van der Waals surface area contributed by atoms with Crippen molar-refractivity contribution in [1.82, 2.24) is 14.8 Å². The smallest absolute Gasteiger partial charge is 0.0866 e. The Morgan fingerprint density at radius 1 is 1.00 bits per heavy atom. The van der Waals surface area contributed by atoms with Crippen LogP contribution in [-0.2, 0) is 16.6 Å². The third-order valence-corrected chi connectivity index (χ3v) is 13.5. The van der Waals surface area contributed by atoms with E-state index in [1.165, 1.54) is 41.7 Å². The molecule has 2 bridgehead atoms. The fourth-order valence-corrected chi connectivity index (χ4v) is 11.9. The maximum Gasteiger partial charge on any atom is 0.0866 e. The maximum absolute atomic E-state index is 7.10. The Balaban J connectivity index is 1.08. The second kappa shape index (κ2) is 8.32. The molecule has 1 saturated carbocycles. The molecule has 1 N–H and O–H groups in total. The molecule has 0 unspecified atom stereocenters. The number of hydrogen-bond donors (Lipinski definition) is 1. The lowest BCUT2D eigenvalue weighted by Crippen LogP contribution is -2.67. The number of nitrogens with zero attached hydrogens (tertiary/aromatic N) is 3. The summed E-state index contributed by atoms with van der Waals surface area (Å²) in [7, 11) is 0. The molecule has 3 saturated heterocycles. The van der Waals surface area contributed by atoms with E-state index in [-0.39, 0.29) is 11.5 Å². The average molecular weight is 569 g/mol. The van der Waals surface area contributed by atoms with Crippen LogP contribution in [0.3, 0.4) is 0 Å². The highest BCUT2D eigenvalue weighted by atomic mass is 16.5. The number of fused-ring (bicyclic) bond motifs is 7. The van der Waals surface area contributed by atoms with Gasteiger partial charge in [0.1, 0.15) is 0 Å². The van der Waals surface area contributed by atoms with Gasteiger partial charge in [-0.25, -0.2) is 0 Å². The third-order valence-electron chi connectivity index (χ3n) is 13.5. The Kier molecular flexibility index (Phi) is 4.69. The molecule has 1 aromatic heterocycles. The highest BCUT2D eigenvalue weighted by molar-refractivity contribution is 5.85. The topological polar surface area (TPSA) is 34.7 Å². The summed E-state index contributed by atoms with van der Waals surface area (Å²) >= 11 is 0. The van der Waals surface area contributed by atoms with Crippen LogP contribution in [0.25, 0.3) is 10.9 Å². The van der Waals surface area contributed by atoms with Crippen LogP contribution in [0, 0.1) is 17.8 Å². The Morgan fingerprint density at radius 3 is 2.86 bits per heavy atom. The molecule has 11 rings (SSSR count). The van der Waals surface area contributed by atoms with Crippen LogP contribution in [0.1, 0.15) is 49.0 Å². The van der Waals surface area contributed by atoms with Crippen LogP contribution in [0.15, 0.2) is 83.6 Å². The molecular formula is C38H40N4O. The molecule has 3 aromatic rings. The molecule has 0 radical (unpaired) electrons. The standard InChI is InChI=1S/C38H40N4O/c1-2-22-19-40-14-11-25-24-7-3-5-9-30(24)39-35(25)32(40)17-26(22)28-21-42-31-10-6-4-8-29(31)38-13-15-41-20-23-12-16-43-36(28)34(37(38)42)27(23)18-33(38)41/h2-10,12,21,26-27,32-34,36-37,39H,11,13-20H2,1H3/t26-,27-,32-,33-,34+,36+,37+,38-/m0/s1. The van der Waals surface area contributed by atoms with E-state index in [1.807, 2.05) is 0 Å².